The quantitative estimate of drug-likeness (QED) is 0.936. The van der Waals surface area contributed by atoms with Crippen LogP contribution in [0.3, 0.4) is 0 Å². The topological polar surface area (TPSA) is 45.1 Å². The van der Waals surface area contributed by atoms with Gasteiger partial charge in [0.05, 0.1) is 30.3 Å². The summed E-state index contributed by atoms with van der Waals surface area (Å²) in [6, 6.07) is 8.32. The summed E-state index contributed by atoms with van der Waals surface area (Å²) in [4.78, 5) is 8.93. The van der Waals surface area contributed by atoms with Crippen molar-refractivity contribution < 1.29 is 9.84 Å². The third kappa shape index (κ3) is 2.14. The van der Waals surface area contributed by atoms with Gasteiger partial charge in [-0.3, -0.25) is 4.99 Å². The normalized spacial score (nSPS) is 18.9. The molecule has 0 saturated carbocycles. The van der Waals surface area contributed by atoms with Gasteiger partial charge in [0.15, 0.2) is 5.17 Å². The number of benzene rings is 1. The molecule has 1 atom stereocenters. The van der Waals surface area contributed by atoms with Crippen LogP contribution in [0.5, 0.6) is 5.75 Å². The van der Waals surface area contributed by atoms with Crippen LogP contribution in [0.4, 0.5) is 0 Å². The van der Waals surface area contributed by atoms with E-state index in [1.807, 2.05) is 13.0 Å². The Labute approximate surface area is 137 Å². The van der Waals surface area contributed by atoms with Crippen LogP contribution in [0.2, 0.25) is 0 Å². The van der Waals surface area contributed by atoms with Crippen molar-refractivity contribution in [1.29, 1.82) is 0 Å². The number of amidine groups is 1. The van der Waals surface area contributed by atoms with E-state index in [9.17, 15) is 5.11 Å². The molecule has 0 fully saturated rings. The SMILES string of the molecule is COc1ccc2cc(C3=C(C(C)O)SC4=NCCN43)sc2c1. The van der Waals surface area contributed by atoms with Gasteiger partial charge in [0.25, 0.3) is 0 Å². The summed E-state index contributed by atoms with van der Waals surface area (Å²) in [5.74, 6) is 0.870. The zero-order valence-corrected chi connectivity index (χ0v) is 14.0. The van der Waals surface area contributed by atoms with Crippen LogP contribution in [-0.4, -0.2) is 41.5 Å². The molecule has 2 aliphatic heterocycles. The molecule has 4 rings (SSSR count). The maximum atomic E-state index is 10.1. The average Bonchev–Trinajstić information content (AvgIpc) is 3.18. The molecular weight excluding hydrogens is 316 g/mol. The fraction of sp³-hybridized carbons (Fsp3) is 0.312. The van der Waals surface area contributed by atoms with Crippen molar-refractivity contribution in [1.82, 2.24) is 4.90 Å². The van der Waals surface area contributed by atoms with Gasteiger partial charge < -0.3 is 14.7 Å². The number of thioether (sulfide) groups is 1. The third-order valence-electron chi connectivity index (χ3n) is 3.85. The van der Waals surface area contributed by atoms with E-state index in [4.69, 9.17) is 4.74 Å². The first-order valence-electron chi connectivity index (χ1n) is 7.17. The first kappa shape index (κ1) is 14.1. The van der Waals surface area contributed by atoms with Crippen molar-refractivity contribution in [2.75, 3.05) is 20.2 Å². The molecular formula is C16H16N2O2S2. The minimum absolute atomic E-state index is 0.479. The van der Waals surface area contributed by atoms with E-state index in [2.05, 4.69) is 28.1 Å². The molecule has 1 aromatic heterocycles. The zero-order valence-electron chi connectivity index (χ0n) is 12.4. The lowest BCUT2D eigenvalue weighted by molar-refractivity contribution is 0.240. The molecule has 0 radical (unpaired) electrons. The highest BCUT2D eigenvalue weighted by Crippen LogP contribution is 2.46. The highest BCUT2D eigenvalue weighted by Gasteiger charge is 2.35. The Morgan fingerprint density at radius 3 is 3.00 bits per heavy atom. The van der Waals surface area contributed by atoms with E-state index in [0.29, 0.717) is 0 Å². The zero-order chi connectivity index (χ0) is 15.3. The van der Waals surface area contributed by atoms with E-state index in [-0.39, 0.29) is 0 Å². The Hall–Kier alpha value is -1.50. The van der Waals surface area contributed by atoms with Gasteiger partial charge in [0.2, 0.25) is 0 Å². The molecule has 114 valence electrons. The number of hydrogen-bond acceptors (Lipinski definition) is 6. The van der Waals surface area contributed by atoms with Crippen LogP contribution in [-0.2, 0) is 0 Å². The van der Waals surface area contributed by atoms with Gasteiger partial charge in [-0.2, -0.15) is 0 Å². The average molecular weight is 332 g/mol. The number of ether oxygens (including phenoxy) is 1. The van der Waals surface area contributed by atoms with Crippen LogP contribution < -0.4 is 4.74 Å². The smallest absolute Gasteiger partial charge is 0.168 e. The molecule has 3 heterocycles. The number of aliphatic imine (C=N–C) groups is 1. The highest BCUT2D eigenvalue weighted by atomic mass is 32.2. The summed E-state index contributed by atoms with van der Waals surface area (Å²) < 4.78 is 6.50. The molecule has 6 heteroatoms. The first-order valence-corrected chi connectivity index (χ1v) is 8.80. The maximum absolute atomic E-state index is 10.1. The molecule has 1 N–H and O–H groups in total. The Kier molecular flexibility index (Phi) is 3.40. The molecule has 0 aliphatic carbocycles. The number of nitrogens with zero attached hydrogens (tertiary/aromatic N) is 2. The minimum atomic E-state index is -0.479. The lowest BCUT2D eigenvalue weighted by atomic mass is 10.2. The predicted octanol–water partition coefficient (Wildman–Crippen LogP) is 3.38. The Morgan fingerprint density at radius 2 is 2.23 bits per heavy atom. The van der Waals surface area contributed by atoms with Crippen LogP contribution >= 0.6 is 23.1 Å². The van der Waals surface area contributed by atoms with Crippen molar-refractivity contribution >= 4 is 44.0 Å². The Balaban J connectivity index is 1.85. The molecule has 1 aromatic carbocycles. The number of methoxy groups -OCH3 is 1. The van der Waals surface area contributed by atoms with Gasteiger partial charge in [0, 0.05) is 16.1 Å². The molecule has 2 aromatic rings. The van der Waals surface area contributed by atoms with E-state index in [1.165, 1.54) is 15.0 Å². The molecule has 4 nitrogen and oxygen atoms in total. The maximum Gasteiger partial charge on any atom is 0.168 e. The summed E-state index contributed by atoms with van der Waals surface area (Å²) in [6.07, 6.45) is -0.479. The molecule has 0 saturated heterocycles. The Bertz CT molecular complexity index is 808. The van der Waals surface area contributed by atoms with Crippen molar-refractivity contribution in [2.45, 2.75) is 13.0 Å². The lowest BCUT2D eigenvalue weighted by Gasteiger charge is -2.16. The fourth-order valence-corrected chi connectivity index (χ4v) is 5.15. The highest BCUT2D eigenvalue weighted by molar-refractivity contribution is 8.17. The monoisotopic (exact) mass is 332 g/mol. The second-order valence-electron chi connectivity index (χ2n) is 5.32. The van der Waals surface area contributed by atoms with Gasteiger partial charge in [-0.15, -0.1) is 11.3 Å². The number of aliphatic hydroxyl groups excluding tert-OH is 1. The first-order chi connectivity index (χ1) is 10.7. The fourth-order valence-electron chi connectivity index (χ4n) is 2.79. The van der Waals surface area contributed by atoms with Crippen molar-refractivity contribution in [3.8, 4) is 5.75 Å². The van der Waals surface area contributed by atoms with Crippen LogP contribution in [0.15, 0.2) is 34.2 Å². The summed E-state index contributed by atoms with van der Waals surface area (Å²) >= 11 is 3.33. The molecule has 1 unspecified atom stereocenters. The van der Waals surface area contributed by atoms with E-state index >= 15 is 0 Å². The minimum Gasteiger partial charge on any atom is -0.497 e. The number of rotatable bonds is 3. The van der Waals surface area contributed by atoms with Gasteiger partial charge in [-0.25, -0.2) is 0 Å². The molecule has 0 amide bonds. The van der Waals surface area contributed by atoms with Gasteiger partial charge in [-0.05, 0) is 36.6 Å². The van der Waals surface area contributed by atoms with Crippen LogP contribution in [0.25, 0.3) is 15.8 Å². The summed E-state index contributed by atoms with van der Waals surface area (Å²) in [6.45, 7) is 3.55. The second-order valence-corrected chi connectivity index (χ2v) is 7.41. The number of aliphatic hydroxyl groups is 1. The third-order valence-corrected chi connectivity index (χ3v) is 6.24. The lowest BCUT2D eigenvalue weighted by Crippen LogP contribution is -2.19. The van der Waals surface area contributed by atoms with Crippen LogP contribution in [0.1, 0.15) is 11.8 Å². The van der Waals surface area contributed by atoms with Gasteiger partial charge in [0.1, 0.15) is 5.75 Å². The molecule has 2 aliphatic rings. The molecule has 0 bridgehead atoms. The standard InChI is InChI=1S/C16H16N2O2S2/c1-9(19)15-14(18-6-5-17-16(18)22-15)13-7-10-3-4-11(20-2)8-12(10)21-13/h3-4,7-9,19H,5-6H2,1-2H3. The van der Waals surface area contributed by atoms with E-state index in [0.717, 1.165) is 34.6 Å². The largest absolute Gasteiger partial charge is 0.497 e. The predicted molar refractivity (Wildman–Crippen MR) is 93.6 cm³/mol. The number of hydrogen-bond donors (Lipinski definition) is 1. The summed E-state index contributed by atoms with van der Waals surface area (Å²) in [5, 5.41) is 12.3. The summed E-state index contributed by atoms with van der Waals surface area (Å²) in [7, 11) is 1.68. The van der Waals surface area contributed by atoms with Gasteiger partial charge in [-0.1, -0.05) is 11.8 Å². The molecule has 0 spiro atoms. The number of fused-ring (bicyclic) bond motifs is 2. The van der Waals surface area contributed by atoms with Crippen molar-refractivity contribution in [3.05, 3.63) is 34.0 Å². The Morgan fingerprint density at radius 1 is 1.36 bits per heavy atom. The van der Waals surface area contributed by atoms with E-state index in [1.54, 1.807) is 30.2 Å². The second kappa shape index (κ2) is 5.30. The van der Waals surface area contributed by atoms with Crippen molar-refractivity contribution in [2.24, 2.45) is 4.99 Å². The summed E-state index contributed by atoms with van der Waals surface area (Å²) in [5.41, 5.74) is 1.12. The van der Waals surface area contributed by atoms with Crippen LogP contribution in [0, 0.1) is 0 Å². The van der Waals surface area contributed by atoms with Crippen molar-refractivity contribution in [3.63, 3.8) is 0 Å². The van der Waals surface area contributed by atoms with E-state index < -0.39 is 6.10 Å². The number of thiophene rings is 1. The molecule has 22 heavy (non-hydrogen) atoms. The van der Waals surface area contributed by atoms with Gasteiger partial charge >= 0.3 is 0 Å².